The zero-order chi connectivity index (χ0) is 24.8. The van der Waals surface area contributed by atoms with E-state index in [2.05, 4.69) is 61.2 Å². The van der Waals surface area contributed by atoms with Crippen molar-refractivity contribution in [2.45, 2.75) is 26.2 Å². The molecule has 0 amide bonds. The Labute approximate surface area is 200 Å². The van der Waals surface area contributed by atoms with Crippen LogP contribution in [0, 0.1) is 0 Å². The van der Waals surface area contributed by atoms with Gasteiger partial charge in [0.2, 0.25) is 0 Å². The molecule has 7 nitrogen and oxygen atoms in total. The second-order valence-corrected chi connectivity index (χ2v) is 7.70. The lowest BCUT2D eigenvalue weighted by molar-refractivity contribution is -0.134. The van der Waals surface area contributed by atoms with Crippen LogP contribution in [0.1, 0.15) is 31.1 Å². The third-order valence-corrected chi connectivity index (χ3v) is 5.41. The van der Waals surface area contributed by atoms with Crippen molar-refractivity contribution in [2.75, 3.05) is 32.8 Å². The normalized spacial score (nSPS) is 12.0. The van der Waals surface area contributed by atoms with E-state index in [9.17, 15) is 9.59 Å². The van der Waals surface area contributed by atoms with Gasteiger partial charge in [0.15, 0.2) is 0 Å². The molecule has 34 heavy (non-hydrogen) atoms. The summed E-state index contributed by atoms with van der Waals surface area (Å²) in [4.78, 5) is 21.5. The van der Waals surface area contributed by atoms with Crippen LogP contribution in [-0.2, 0) is 20.7 Å². The molecule has 0 fully saturated rings. The SMILES string of the molecule is CCN(CC)CCOCC(Cc1ccco1)c1ccc2ccccc2c1.O=C(O)/C=C/C(=O)O. The summed E-state index contributed by atoms with van der Waals surface area (Å²) in [5.74, 6) is -1.21. The van der Waals surface area contributed by atoms with Gasteiger partial charge in [-0.3, -0.25) is 0 Å². The number of fused-ring (bicyclic) bond motifs is 1. The number of furan rings is 1. The van der Waals surface area contributed by atoms with E-state index in [4.69, 9.17) is 19.4 Å². The number of rotatable bonds is 12. The lowest BCUT2D eigenvalue weighted by atomic mass is 9.93. The van der Waals surface area contributed by atoms with Crippen LogP contribution in [-0.4, -0.2) is 59.9 Å². The van der Waals surface area contributed by atoms with Crippen LogP contribution in [0.15, 0.2) is 77.4 Å². The van der Waals surface area contributed by atoms with Crippen molar-refractivity contribution in [3.8, 4) is 0 Å². The minimum absolute atomic E-state index is 0.294. The lowest BCUT2D eigenvalue weighted by Crippen LogP contribution is -2.27. The van der Waals surface area contributed by atoms with Crippen molar-refractivity contribution in [1.29, 1.82) is 0 Å². The van der Waals surface area contributed by atoms with Crippen molar-refractivity contribution in [1.82, 2.24) is 4.90 Å². The fraction of sp³-hybridized carbons (Fsp3) is 0.333. The minimum atomic E-state index is -1.26. The van der Waals surface area contributed by atoms with E-state index in [-0.39, 0.29) is 0 Å². The van der Waals surface area contributed by atoms with Crippen LogP contribution in [0.3, 0.4) is 0 Å². The molecular weight excluding hydrogens is 434 g/mol. The van der Waals surface area contributed by atoms with Crippen molar-refractivity contribution in [3.05, 3.63) is 84.3 Å². The van der Waals surface area contributed by atoms with Crippen LogP contribution in [0.2, 0.25) is 0 Å². The number of carboxylic acid groups (broad SMARTS) is 2. The first-order valence-corrected chi connectivity index (χ1v) is 11.4. The van der Waals surface area contributed by atoms with Gasteiger partial charge in [-0.1, -0.05) is 56.3 Å². The van der Waals surface area contributed by atoms with Gasteiger partial charge in [0, 0.05) is 31.0 Å². The topological polar surface area (TPSA) is 100 Å². The third-order valence-electron chi connectivity index (χ3n) is 5.41. The van der Waals surface area contributed by atoms with E-state index in [0.717, 1.165) is 38.4 Å². The molecule has 0 spiro atoms. The summed E-state index contributed by atoms with van der Waals surface area (Å²) in [6.07, 6.45) is 3.72. The van der Waals surface area contributed by atoms with Gasteiger partial charge in [-0.15, -0.1) is 0 Å². The number of benzene rings is 2. The van der Waals surface area contributed by atoms with Gasteiger partial charge in [-0.2, -0.15) is 0 Å². The summed E-state index contributed by atoms with van der Waals surface area (Å²) >= 11 is 0. The first kappa shape index (κ1) is 26.8. The molecule has 1 unspecified atom stereocenters. The molecule has 0 aliphatic rings. The Kier molecular flexibility index (Phi) is 11.6. The summed E-state index contributed by atoms with van der Waals surface area (Å²) in [7, 11) is 0. The van der Waals surface area contributed by atoms with Crippen molar-refractivity contribution in [2.24, 2.45) is 0 Å². The molecule has 0 saturated carbocycles. The van der Waals surface area contributed by atoms with Gasteiger partial charge < -0.3 is 24.3 Å². The second kappa shape index (κ2) is 14.7. The Morgan fingerprint density at radius 1 is 0.971 bits per heavy atom. The maximum Gasteiger partial charge on any atom is 0.328 e. The highest BCUT2D eigenvalue weighted by Gasteiger charge is 2.15. The van der Waals surface area contributed by atoms with E-state index < -0.39 is 11.9 Å². The monoisotopic (exact) mass is 467 g/mol. The first-order chi connectivity index (χ1) is 16.4. The Morgan fingerprint density at radius 3 is 2.24 bits per heavy atom. The second-order valence-electron chi connectivity index (χ2n) is 7.70. The zero-order valence-electron chi connectivity index (χ0n) is 19.7. The standard InChI is InChI=1S/C23H29NO2.C4H4O4/c1-3-24(4-2)13-15-25-18-22(17-23-10-7-14-26-23)21-12-11-19-8-5-6-9-20(19)16-21;5-3(6)1-2-4(7)8/h5-12,14,16,22H,3-4,13,15,17-18H2,1-2H3;1-2H,(H,5,6)(H,7,8)/b;2-1+. The molecule has 2 N–H and O–H groups in total. The van der Waals surface area contributed by atoms with Gasteiger partial charge in [-0.05, 0) is 41.6 Å². The molecule has 1 heterocycles. The Hall–Kier alpha value is -3.42. The summed E-state index contributed by atoms with van der Waals surface area (Å²) in [6.45, 7) is 8.99. The molecule has 0 aliphatic heterocycles. The largest absolute Gasteiger partial charge is 0.478 e. The number of ether oxygens (including phenoxy) is 1. The average molecular weight is 468 g/mol. The van der Waals surface area contributed by atoms with Crippen LogP contribution in [0.4, 0.5) is 0 Å². The maximum absolute atomic E-state index is 9.55. The van der Waals surface area contributed by atoms with Gasteiger partial charge in [0.1, 0.15) is 5.76 Å². The fourth-order valence-corrected chi connectivity index (χ4v) is 3.51. The molecule has 182 valence electrons. The number of aliphatic carboxylic acids is 2. The number of hydrogen-bond acceptors (Lipinski definition) is 5. The quantitative estimate of drug-likeness (QED) is 0.291. The Bertz CT molecular complexity index is 1020. The number of hydrogen-bond donors (Lipinski definition) is 2. The summed E-state index contributed by atoms with van der Waals surface area (Å²) in [5.41, 5.74) is 1.31. The number of likely N-dealkylation sites (N-methyl/N-ethyl adjacent to an activating group) is 1. The highest BCUT2D eigenvalue weighted by molar-refractivity contribution is 5.89. The molecule has 1 aromatic heterocycles. The average Bonchev–Trinajstić information content (AvgIpc) is 3.35. The number of carbonyl (C=O) groups is 2. The highest BCUT2D eigenvalue weighted by atomic mass is 16.5. The molecule has 0 radical (unpaired) electrons. The van der Waals surface area contributed by atoms with Crippen LogP contribution < -0.4 is 0 Å². The van der Waals surface area contributed by atoms with E-state index in [1.54, 1.807) is 6.26 Å². The van der Waals surface area contributed by atoms with Crippen molar-refractivity contribution in [3.63, 3.8) is 0 Å². The molecule has 0 bridgehead atoms. The fourth-order valence-electron chi connectivity index (χ4n) is 3.51. The van der Waals surface area contributed by atoms with E-state index >= 15 is 0 Å². The van der Waals surface area contributed by atoms with Crippen LogP contribution in [0.5, 0.6) is 0 Å². The molecular formula is C27H33NO6. The summed E-state index contributed by atoms with van der Waals surface area (Å²) < 4.78 is 11.7. The highest BCUT2D eigenvalue weighted by Crippen LogP contribution is 2.25. The lowest BCUT2D eigenvalue weighted by Gasteiger charge is -2.20. The smallest absolute Gasteiger partial charge is 0.328 e. The first-order valence-electron chi connectivity index (χ1n) is 11.4. The summed E-state index contributed by atoms with van der Waals surface area (Å²) in [5, 5.41) is 18.2. The van der Waals surface area contributed by atoms with Gasteiger partial charge >= 0.3 is 11.9 Å². The van der Waals surface area contributed by atoms with Crippen molar-refractivity contribution < 1.29 is 29.0 Å². The van der Waals surface area contributed by atoms with E-state index in [0.29, 0.717) is 24.7 Å². The van der Waals surface area contributed by atoms with E-state index in [1.165, 1.54) is 16.3 Å². The van der Waals surface area contributed by atoms with E-state index in [1.807, 2.05) is 12.1 Å². The minimum Gasteiger partial charge on any atom is -0.478 e. The molecule has 3 aromatic rings. The van der Waals surface area contributed by atoms with Crippen LogP contribution >= 0.6 is 0 Å². The van der Waals surface area contributed by atoms with Crippen molar-refractivity contribution >= 4 is 22.7 Å². The summed E-state index contributed by atoms with van der Waals surface area (Å²) in [6, 6.07) is 19.2. The number of carboxylic acids is 2. The molecule has 0 saturated heterocycles. The maximum atomic E-state index is 9.55. The van der Waals surface area contributed by atoms with Gasteiger partial charge in [-0.25, -0.2) is 9.59 Å². The van der Waals surface area contributed by atoms with Crippen LogP contribution in [0.25, 0.3) is 10.8 Å². The predicted octanol–water partition coefficient (Wildman–Crippen LogP) is 4.83. The predicted molar refractivity (Wildman–Crippen MR) is 132 cm³/mol. The molecule has 3 rings (SSSR count). The Morgan fingerprint density at radius 2 is 1.65 bits per heavy atom. The zero-order valence-corrected chi connectivity index (χ0v) is 19.7. The molecule has 7 heteroatoms. The Balaban J connectivity index is 0.000000440. The molecule has 1 atom stereocenters. The third kappa shape index (κ3) is 9.60. The van der Waals surface area contributed by atoms with Gasteiger partial charge in [0.05, 0.1) is 19.5 Å². The van der Waals surface area contributed by atoms with Gasteiger partial charge in [0.25, 0.3) is 0 Å². The number of nitrogens with zero attached hydrogens (tertiary/aromatic N) is 1. The molecule has 2 aromatic carbocycles. The molecule has 0 aliphatic carbocycles.